The summed E-state index contributed by atoms with van der Waals surface area (Å²) >= 11 is 1.52. The summed E-state index contributed by atoms with van der Waals surface area (Å²) < 4.78 is 19.1. The largest absolute Gasteiger partial charge is 0.496 e. The molecule has 0 saturated heterocycles. The number of halogens is 1. The van der Waals surface area contributed by atoms with Gasteiger partial charge in [0.15, 0.2) is 0 Å². The van der Waals surface area contributed by atoms with Crippen molar-refractivity contribution >= 4 is 23.2 Å². The van der Waals surface area contributed by atoms with Crippen molar-refractivity contribution in [2.45, 2.75) is 26.4 Å². The Morgan fingerprint density at radius 2 is 1.91 bits per heavy atom. The smallest absolute Gasteiger partial charge is 0.253 e. The number of hydrogen-bond donors (Lipinski definition) is 2. The Morgan fingerprint density at radius 3 is 2.65 bits per heavy atom. The van der Waals surface area contributed by atoms with E-state index in [2.05, 4.69) is 15.6 Å². The first kappa shape index (κ1) is 25.3. The SMILES string of the molecule is COc1cccc(F)c1CNCCCNC(=O)c1cccc(C(=O)N(C)Cc2nc(C)cs2)c1. The monoisotopic (exact) mass is 484 g/mol. The Morgan fingerprint density at radius 1 is 1.15 bits per heavy atom. The average molecular weight is 485 g/mol. The van der Waals surface area contributed by atoms with Crippen molar-refractivity contribution in [3.63, 3.8) is 0 Å². The van der Waals surface area contributed by atoms with Crippen molar-refractivity contribution in [3.05, 3.63) is 81.1 Å². The molecule has 0 saturated carbocycles. The third-order valence-electron chi connectivity index (χ3n) is 5.17. The predicted molar refractivity (Wildman–Crippen MR) is 131 cm³/mol. The zero-order valence-electron chi connectivity index (χ0n) is 19.6. The van der Waals surface area contributed by atoms with Gasteiger partial charge in [0.1, 0.15) is 16.6 Å². The summed E-state index contributed by atoms with van der Waals surface area (Å²) in [5.74, 6) is -0.233. The number of ether oxygens (including phenoxy) is 1. The Balaban J connectivity index is 1.45. The predicted octanol–water partition coefficient (Wildman–Crippen LogP) is 3.78. The highest BCUT2D eigenvalue weighted by molar-refractivity contribution is 7.09. The van der Waals surface area contributed by atoms with Gasteiger partial charge in [0, 0.05) is 47.9 Å². The fourth-order valence-electron chi connectivity index (χ4n) is 3.40. The highest BCUT2D eigenvalue weighted by Crippen LogP contribution is 2.20. The van der Waals surface area contributed by atoms with E-state index in [9.17, 15) is 14.0 Å². The van der Waals surface area contributed by atoms with E-state index in [1.54, 1.807) is 48.3 Å². The molecule has 2 aromatic carbocycles. The molecule has 1 heterocycles. The number of rotatable bonds is 11. The number of hydrogen-bond acceptors (Lipinski definition) is 6. The molecule has 0 atom stereocenters. The summed E-state index contributed by atoms with van der Waals surface area (Å²) in [5, 5.41) is 8.84. The fourth-order valence-corrected chi connectivity index (χ4v) is 4.22. The second kappa shape index (κ2) is 12.2. The zero-order valence-corrected chi connectivity index (χ0v) is 20.4. The molecule has 3 aromatic rings. The van der Waals surface area contributed by atoms with Crippen LogP contribution in [0, 0.1) is 12.7 Å². The van der Waals surface area contributed by atoms with Crippen molar-refractivity contribution in [3.8, 4) is 5.75 Å². The second-order valence-electron chi connectivity index (χ2n) is 7.83. The first-order valence-corrected chi connectivity index (χ1v) is 11.8. The molecule has 1 aromatic heterocycles. The maximum atomic E-state index is 13.9. The van der Waals surface area contributed by atoms with E-state index in [0.717, 1.165) is 10.7 Å². The number of carbonyl (C=O) groups excluding carboxylic acids is 2. The molecule has 0 radical (unpaired) electrons. The molecule has 2 amide bonds. The Bertz CT molecular complexity index is 1130. The second-order valence-corrected chi connectivity index (χ2v) is 8.77. The number of thiazole rings is 1. The van der Waals surface area contributed by atoms with Gasteiger partial charge in [-0.1, -0.05) is 12.1 Å². The summed E-state index contributed by atoms with van der Waals surface area (Å²) in [6, 6.07) is 11.4. The van der Waals surface area contributed by atoms with Crippen LogP contribution >= 0.6 is 11.3 Å². The highest BCUT2D eigenvalue weighted by Gasteiger charge is 2.15. The molecule has 34 heavy (non-hydrogen) atoms. The van der Waals surface area contributed by atoms with E-state index >= 15 is 0 Å². The van der Waals surface area contributed by atoms with Crippen LogP contribution in [-0.2, 0) is 13.1 Å². The van der Waals surface area contributed by atoms with E-state index in [-0.39, 0.29) is 17.6 Å². The van der Waals surface area contributed by atoms with Gasteiger partial charge in [-0.2, -0.15) is 0 Å². The van der Waals surface area contributed by atoms with E-state index < -0.39 is 0 Å². The van der Waals surface area contributed by atoms with Crippen LogP contribution in [0.2, 0.25) is 0 Å². The summed E-state index contributed by atoms with van der Waals surface area (Å²) in [5.41, 5.74) is 2.28. The molecule has 0 aliphatic heterocycles. The van der Waals surface area contributed by atoms with E-state index in [0.29, 0.717) is 55.0 Å². The first-order chi connectivity index (χ1) is 16.4. The Labute approximate surface area is 203 Å². The molecule has 9 heteroatoms. The van der Waals surface area contributed by atoms with Gasteiger partial charge in [-0.15, -0.1) is 11.3 Å². The summed E-state index contributed by atoms with van der Waals surface area (Å²) in [4.78, 5) is 31.3. The quantitative estimate of drug-likeness (QED) is 0.405. The summed E-state index contributed by atoms with van der Waals surface area (Å²) in [6.45, 7) is 3.71. The van der Waals surface area contributed by atoms with Gasteiger partial charge in [0.05, 0.1) is 13.7 Å². The van der Waals surface area contributed by atoms with Crippen LogP contribution < -0.4 is 15.4 Å². The molecule has 3 rings (SSSR count). The average Bonchev–Trinajstić information content (AvgIpc) is 3.25. The lowest BCUT2D eigenvalue weighted by atomic mass is 10.1. The number of amides is 2. The van der Waals surface area contributed by atoms with Crippen molar-refractivity contribution < 1.29 is 18.7 Å². The lowest BCUT2D eigenvalue weighted by Gasteiger charge is -2.16. The van der Waals surface area contributed by atoms with Gasteiger partial charge < -0.3 is 20.3 Å². The van der Waals surface area contributed by atoms with Crippen molar-refractivity contribution in [2.24, 2.45) is 0 Å². The van der Waals surface area contributed by atoms with Crippen molar-refractivity contribution in [1.29, 1.82) is 0 Å². The maximum absolute atomic E-state index is 13.9. The van der Waals surface area contributed by atoms with Crippen LogP contribution in [0.15, 0.2) is 47.8 Å². The number of methoxy groups -OCH3 is 1. The van der Waals surface area contributed by atoms with Gasteiger partial charge in [-0.3, -0.25) is 9.59 Å². The molecule has 180 valence electrons. The molecular formula is C25H29FN4O3S. The van der Waals surface area contributed by atoms with Crippen LogP contribution in [0.4, 0.5) is 4.39 Å². The fraction of sp³-hybridized carbons (Fsp3) is 0.320. The maximum Gasteiger partial charge on any atom is 0.253 e. The summed E-state index contributed by atoms with van der Waals surface area (Å²) in [6.07, 6.45) is 0.664. The molecule has 0 aliphatic rings. The lowest BCUT2D eigenvalue weighted by Crippen LogP contribution is -2.28. The topological polar surface area (TPSA) is 83.6 Å². The van der Waals surface area contributed by atoms with Gasteiger partial charge in [-0.05, 0) is 50.2 Å². The molecule has 0 fully saturated rings. The van der Waals surface area contributed by atoms with E-state index in [4.69, 9.17) is 4.74 Å². The van der Waals surface area contributed by atoms with Gasteiger partial charge in [0.25, 0.3) is 11.8 Å². The minimum absolute atomic E-state index is 0.171. The lowest BCUT2D eigenvalue weighted by molar-refractivity contribution is 0.0785. The molecule has 0 bridgehead atoms. The van der Waals surface area contributed by atoms with Gasteiger partial charge in [0.2, 0.25) is 0 Å². The van der Waals surface area contributed by atoms with E-state index in [1.165, 1.54) is 24.5 Å². The number of aryl methyl sites for hydroxylation is 1. The molecular weight excluding hydrogens is 455 g/mol. The highest BCUT2D eigenvalue weighted by atomic mass is 32.1. The number of aromatic nitrogens is 1. The molecule has 0 unspecified atom stereocenters. The number of nitrogens with zero attached hydrogens (tertiary/aromatic N) is 2. The molecule has 7 nitrogen and oxygen atoms in total. The zero-order chi connectivity index (χ0) is 24.5. The van der Waals surface area contributed by atoms with Crippen molar-refractivity contribution in [2.75, 3.05) is 27.2 Å². The molecule has 2 N–H and O–H groups in total. The standard InChI is InChI=1S/C25H29FN4O3S/c1-17-16-34-23(29-17)15-30(2)25(32)19-8-4-7-18(13-19)24(31)28-12-6-11-27-14-20-21(26)9-5-10-22(20)33-3/h4-5,7-10,13,16,27H,6,11-12,14-15H2,1-3H3,(H,28,31). The van der Waals surface area contributed by atoms with Crippen LogP contribution in [0.25, 0.3) is 0 Å². The molecule has 0 aliphatic carbocycles. The van der Waals surface area contributed by atoms with Crippen LogP contribution in [0.5, 0.6) is 5.75 Å². The first-order valence-electron chi connectivity index (χ1n) is 11.0. The number of carbonyl (C=O) groups is 2. The van der Waals surface area contributed by atoms with Crippen LogP contribution in [0.3, 0.4) is 0 Å². The van der Waals surface area contributed by atoms with E-state index in [1.807, 2.05) is 12.3 Å². The third kappa shape index (κ3) is 6.85. The Kier molecular flexibility index (Phi) is 9.12. The normalized spacial score (nSPS) is 10.7. The third-order valence-corrected chi connectivity index (χ3v) is 6.12. The minimum Gasteiger partial charge on any atom is -0.496 e. The van der Waals surface area contributed by atoms with Gasteiger partial charge in [-0.25, -0.2) is 9.37 Å². The minimum atomic E-state index is -0.318. The number of nitrogens with one attached hydrogen (secondary N) is 2. The van der Waals surface area contributed by atoms with Crippen LogP contribution in [0.1, 0.15) is 43.4 Å². The molecule has 0 spiro atoms. The number of benzene rings is 2. The summed E-state index contributed by atoms with van der Waals surface area (Å²) in [7, 11) is 3.23. The van der Waals surface area contributed by atoms with Crippen LogP contribution in [-0.4, -0.2) is 48.9 Å². The van der Waals surface area contributed by atoms with Crippen molar-refractivity contribution in [1.82, 2.24) is 20.5 Å². The van der Waals surface area contributed by atoms with Gasteiger partial charge >= 0.3 is 0 Å². The Hall–Kier alpha value is -3.30.